The minimum absolute atomic E-state index is 0.0161. The Balaban J connectivity index is 0.000000221. The van der Waals surface area contributed by atoms with E-state index < -0.39 is 10.1 Å². The van der Waals surface area contributed by atoms with Crippen molar-refractivity contribution in [3.05, 3.63) is 41.5 Å². The summed E-state index contributed by atoms with van der Waals surface area (Å²) in [6, 6.07) is 5.99. The molecular weight excluding hydrogens is 527 g/mol. The molecule has 5 rings (SSSR count). The van der Waals surface area contributed by atoms with Crippen LogP contribution in [-0.4, -0.2) is 38.4 Å². The maximum absolute atomic E-state index is 12.5. The van der Waals surface area contributed by atoms with Gasteiger partial charge in [-0.1, -0.05) is 17.7 Å². The summed E-state index contributed by atoms with van der Waals surface area (Å²) in [6.45, 7) is 6.61. The summed E-state index contributed by atoms with van der Waals surface area (Å²) in [4.78, 5) is 13.0. The predicted octanol–water partition coefficient (Wildman–Crippen LogP) is 5.15. The second-order valence-electron chi connectivity index (χ2n) is 11.3. The molecule has 3 saturated carbocycles. The van der Waals surface area contributed by atoms with Crippen LogP contribution in [0.5, 0.6) is 0 Å². The molecule has 4 aliphatic rings. The average Bonchev–Trinajstić information content (AvgIpc) is 3.08. The summed E-state index contributed by atoms with van der Waals surface area (Å²) in [5.74, 6) is 2.65. The first-order chi connectivity index (χ1) is 16.3. The van der Waals surface area contributed by atoms with Crippen molar-refractivity contribution < 1.29 is 17.8 Å². The number of carbonyl (C=O) groups excluding carboxylic acids is 1. The van der Waals surface area contributed by atoms with Gasteiger partial charge in [0.1, 0.15) is 0 Å². The Morgan fingerprint density at radius 2 is 1.71 bits per heavy atom. The third kappa shape index (κ3) is 5.18. The number of amidine groups is 1. The van der Waals surface area contributed by atoms with E-state index in [2.05, 4.69) is 19.9 Å². The number of rotatable bonds is 3. The first-order valence-corrected chi connectivity index (χ1v) is 15.9. The van der Waals surface area contributed by atoms with Crippen molar-refractivity contribution in [2.45, 2.75) is 81.8 Å². The SMILES string of the molecule is C[C@]12CCC([Se]C(=N)N)CC1=CC[C@@H]1[C@@H]2CC[C@]2(C)C(=O)CC[C@@H]12.Cc1ccc(S(=O)(=O)O)cc1. The molecule has 4 N–H and O–H groups in total. The summed E-state index contributed by atoms with van der Waals surface area (Å²) in [6.07, 6.45) is 11.7. The Hall–Kier alpha value is -1.47. The van der Waals surface area contributed by atoms with Crippen LogP contribution in [0.2, 0.25) is 4.82 Å². The summed E-state index contributed by atoms with van der Waals surface area (Å²) in [5.41, 5.74) is 8.63. The van der Waals surface area contributed by atoms with E-state index in [9.17, 15) is 13.2 Å². The van der Waals surface area contributed by atoms with Crippen LogP contribution >= 0.6 is 0 Å². The van der Waals surface area contributed by atoms with Crippen molar-refractivity contribution in [2.24, 2.45) is 34.3 Å². The van der Waals surface area contributed by atoms with Crippen LogP contribution in [0, 0.1) is 40.9 Å². The third-order valence-electron chi connectivity index (χ3n) is 9.38. The zero-order valence-corrected chi connectivity index (χ0v) is 23.4. The van der Waals surface area contributed by atoms with E-state index in [4.69, 9.17) is 15.7 Å². The molecular formula is C27H38N2O4SSe. The van der Waals surface area contributed by atoms with Crippen molar-refractivity contribution in [2.75, 3.05) is 0 Å². The van der Waals surface area contributed by atoms with Crippen LogP contribution in [0.1, 0.15) is 70.8 Å². The summed E-state index contributed by atoms with van der Waals surface area (Å²) in [7, 11) is -4.02. The quantitative estimate of drug-likeness (QED) is 0.154. The first-order valence-electron chi connectivity index (χ1n) is 12.6. The fraction of sp³-hybridized carbons (Fsp3) is 0.630. The van der Waals surface area contributed by atoms with E-state index in [-0.39, 0.29) is 25.3 Å². The van der Waals surface area contributed by atoms with Gasteiger partial charge >= 0.3 is 152 Å². The molecule has 0 aromatic heterocycles. The predicted molar refractivity (Wildman–Crippen MR) is 139 cm³/mol. The molecule has 192 valence electrons. The van der Waals surface area contributed by atoms with Crippen LogP contribution < -0.4 is 5.73 Å². The first kappa shape index (κ1) is 26.6. The Bertz CT molecular complexity index is 1130. The normalized spacial score (nSPS) is 36.1. The monoisotopic (exact) mass is 566 g/mol. The largest absolute Gasteiger partial charge is 0.294 e. The number of Topliss-reactive ketones (excluding diaryl/α,β-unsaturated/α-hetero) is 1. The van der Waals surface area contributed by atoms with Crippen molar-refractivity contribution in [1.82, 2.24) is 0 Å². The number of ketones is 1. The molecule has 1 aromatic carbocycles. The molecule has 35 heavy (non-hydrogen) atoms. The molecule has 6 nitrogen and oxygen atoms in total. The van der Waals surface area contributed by atoms with Gasteiger partial charge in [-0.25, -0.2) is 0 Å². The Labute approximate surface area is 215 Å². The van der Waals surface area contributed by atoms with Gasteiger partial charge in [-0.05, 0) is 19.1 Å². The van der Waals surface area contributed by atoms with Crippen LogP contribution in [0.25, 0.3) is 0 Å². The number of aryl methyl sites for hydroxylation is 1. The minimum Gasteiger partial charge on any atom is -0.282 e. The smallest absolute Gasteiger partial charge is 0.282 e. The van der Waals surface area contributed by atoms with Crippen LogP contribution in [-0.2, 0) is 14.9 Å². The van der Waals surface area contributed by atoms with E-state index >= 15 is 0 Å². The maximum Gasteiger partial charge on any atom is 0.294 e. The second-order valence-corrected chi connectivity index (χ2v) is 15.5. The van der Waals surface area contributed by atoms with Gasteiger partial charge in [0.2, 0.25) is 0 Å². The summed E-state index contributed by atoms with van der Waals surface area (Å²) >= 11 is 0.169. The van der Waals surface area contributed by atoms with E-state index in [0.29, 0.717) is 26.7 Å². The third-order valence-corrected chi connectivity index (χ3v) is 12.3. The topological polar surface area (TPSA) is 121 Å². The molecule has 1 unspecified atom stereocenters. The molecule has 0 spiro atoms. The van der Waals surface area contributed by atoms with Crippen LogP contribution in [0.15, 0.2) is 40.8 Å². The second kappa shape index (κ2) is 9.77. The van der Waals surface area contributed by atoms with Gasteiger partial charge < -0.3 is 0 Å². The number of nitrogens with two attached hydrogens (primary N) is 1. The molecule has 0 radical (unpaired) electrons. The zero-order chi connectivity index (χ0) is 25.6. The molecule has 0 bridgehead atoms. The van der Waals surface area contributed by atoms with E-state index in [1.807, 2.05) is 6.92 Å². The Morgan fingerprint density at radius 3 is 2.34 bits per heavy atom. The number of carbonyl (C=O) groups is 1. The zero-order valence-electron chi connectivity index (χ0n) is 20.9. The molecule has 0 amide bonds. The molecule has 0 heterocycles. The molecule has 0 saturated heterocycles. The van der Waals surface area contributed by atoms with Gasteiger partial charge in [-0.3, -0.25) is 4.55 Å². The van der Waals surface area contributed by atoms with Gasteiger partial charge in [0.15, 0.2) is 0 Å². The van der Waals surface area contributed by atoms with Gasteiger partial charge in [0.25, 0.3) is 10.1 Å². The van der Waals surface area contributed by atoms with E-state index in [1.165, 1.54) is 44.2 Å². The average molecular weight is 566 g/mol. The molecule has 1 aromatic rings. The van der Waals surface area contributed by atoms with Gasteiger partial charge in [-0.2, -0.15) is 8.42 Å². The minimum atomic E-state index is -4.02. The Kier molecular flexibility index (Phi) is 7.42. The fourth-order valence-corrected chi connectivity index (χ4v) is 9.67. The van der Waals surface area contributed by atoms with Crippen molar-refractivity contribution in [3.8, 4) is 0 Å². The van der Waals surface area contributed by atoms with Crippen molar-refractivity contribution in [1.29, 1.82) is 5.41 Å². The number of benzene rings is 1. The number of allylic oxidation sites excluding steroid dienone is 2. The number of hydrogen-bond donors (Lipinski definition) is 3. The van der Waals surface area contributed by atoms with Gasteiger partial charge in [0, 0.05) is 0 Å². The van der Waals surface area contributed by atoms with Crippen molar-refractivity contribution >= 4 is 35.6 Å². The van der Waals surface area contributed by atoms with Crippen LogP contribution in [0.4, 0.5) is 0 Å². The number of fused-ring (bicyclic) bond motifs is 5. The number of nitrogens with one attached hydrogen (secondary N) is 1. The van der Waals surface area contributed by atoms with E-state index in [1.54, 1.807) is 17.7 Å². The van der Waals surface area contributed by atoms with Crippen molar-refractivity contribution in [3.63, 3.8) is 0 Å². The summed E-state index contributed by atoms with van der Waals surface area (Å²) in [5, 5.41) is 7.63. The van der Waals surface area contributed by atoms with E-state index in [0.717, 1.165) is 36.7 Å². The van der Waals surface area contributed by atoms with Crippen LogP contribution in [0.3, 0.4) is 0 Å². The summed E-state index contributed by atoms with van der Waals surface area (Å²) < 4.78 is 30.0. The van der Waals surface area contributed by atoms with Gasteiger partial charge in [-0.15, -0.1) is 0 Å². The maximum atomic E-state index is 12.5. The molecule has 8 heteroatoms. The molecule has 4 aliphatic carbocycles. The van der Waals surface area contributed by atoms with Gasteiger partial charge in [0.05, 0.1) is 4.90 Å². The molecule has 6 atom stereocenters. The molecule has 0 aliphatic heterocycles. The molecule has 3 fully saturated rings. The Morgan fingerprint density at radius 1 is 1.09 bits per heavy atom. The number of hydrogen-bond acceptors (Lipinski definition) is 4. The standard InChI is InChI=1S/C20H30N2OSe.C7H8O3S/c1-19-9-7-13(24-18(21)22)11-12(19)3-4-14-15-5-6-17(23)20(15,2)10-8-16(14)19;1-6-2-4-7(5-3-6)11(8,9)10/h3,13-16H,4-11H2,1-2H3,(H3,21,22);2-5H,1H3,(H,8,9,10)/t13?,14-,15-,16-,19-,20-;/m0./s1. The fourth-order valence-electron chi connectivity index (χ4n) is 7.39.